The molecule has 10 heteroatoms. The van der Waals surface area contributed by atoms with Crippen LogP contribution >= 0.6 is 11.3 Å². The molecule has 0 bridgehead atoms. The molecule has 2 aromatic rings. The van der Waals surface area contributed by atoms with Crippen molar-refractivity contribution in [2.24, 2.45) is 0 Å². The average molecular weight is 400 g/mol. The van der Waals surface area contributed by atoms with E-state index in [9.17, 15) is 18.3 Å². The molecule has 142 valence electrons. The fourth-order valence-corrected chi connectivity index (χ4v) is 3.61. The molecule has 2 rings (SSSR count). The third-order valence-electron chi connectivity index (χ3n) is 3.20. The van der Waals surface area contributed by atoms with E-state index in [-0.39, 0.29) is 21.5 Å². The molecular formula is C16H20N2O6S2. The van der Waals surface area contributed by atoms with Crippen molar-refractivity contribution in [2.75, 3.05) is 18.2 Å². The van der Waals surface area contributed by atoms with E-state index in [1.807, 2.05) is 6.92 Å². The topological polar surface area (TPSA) is 115 Å². The SMILES string of the molecule is CCCCOC(O)Oc1ccccc1C(=O)Nc1nc(S(C)(=O)=O)cs1. The van der Waals surface area contributed by atoms with Crippen molar-refractivity contribution >= 4 is 32.2 Å². The molecular weight excluding hydrogens is 380 g/mol. The van der Waals surface area contributed by atoms with Crippen molar-refractivity contribution in [1.29, 1.82) is 0 Å². The number of sulfone groups is 1. The van der Waals surface area contributed by atoms with Crippen LogP contribution < -0.4 is 10.1 Å². The maximum Gasteiger partial charge on any atom is 0.313 e. The van der Waals surface area contributed by atoms with Gasteiger partial charge in [-0.05, 0) is 18.6 Å². The second-order valence-electron chi connectivity index (χ2n) is 5.36. The molecule has 1 aromatic carbocycles. The lowest BCUT2D eigenvalue weighted by Crippen LogP contribution is -2.22. The molecule has 1 aromatic heterocycles. The lowest BCUT2D eigenvalue weighted by Gasteiger charge is -2.16. The standard InChI is InChI=1S/C16H20N2O6S2/c1-3-4-9-23-16(20)24-12-8-6-5-7-11(12)14(19)18-15-17-13(10-25-15)26(2,21)22/h5-8,10,16,20H,3-4,9H2,1-2H3,(H,17,18,19). The van der Waals surface area contributed by atoms with Crippen molar-refractivity contribution in [1.82, 2.24) is 4.98 Å². The quantitative estimate of drug-likeness (QED) is 0.490. The number of carbonyl (C=O) groups excluding carboxylic acids is 1. The number of aliphatic hydroxyl groups excluding tert-OH is 1. The predicted octanol–water partition coefficient (Wildman–Crippen LogP) is 2.27. The second kappa shape index (κ2) is 9.08. The van der Waals surface area contributed by atoms with Gasteiger partial charge in [0.25, 0.3) is 5.91 Å². The van der Waals surface area contributed by atoms with Crippen molar-refractivity contribution in [2.45, 2.75) is 31.3 Å². The van der Waals surface area contributed by atoms with Crippen LogP contribution in [0.2, 0.25) is 0 Å². The zero-order valence-electron chi connectivity index (χ0n) is 14.3. The molecule has 0 aliphatic rings. The van der Waals surface area contributed by atoms with E-state index >= 15 is 0 Å². The Labute approximate surface area is 155 Å². The first kappa shape index (κ1) is 20.3. The maximum atomic E-state index is 12.4. The molecule has 0 radical (unpaired) electrons. The molecule has 0 fully saturated rings. The fraction of sp³-hybridized carbons (Fsp3) is 0.375. The Hall–Kier alpha value is -2.01. The highest BCUT2D eigenvalue weighted by molar-refractivity contribution is 7.90. The van der Waals surface area contributed by atoms with Crippen LogP contribution in [0.4, 0.5) is 5.13 Å². The predicted molar refractivity (Wildman–Crippen MR) is 97.1 cm³/mol. The molecule has 1 heterocycles. The molecule has 0 saturated carbocycles. The lowest BCUT2D eigenvalue weighted by molar-refractivity contribution is -0.216. The van der Waals surface area contributed by atoms with Gasteiger partial charge in [-0.1, -0.05) is 25.5 Å². The molecule has 0 aliphatic carbocycles. The van der Waals surface area contributed by atoms with Gasteiger partial charge in [-0.3, -0.25) is 10.1 Å². The summed E-state index contributed by atoms with van der Waals surface area (Å²) in [6, 6.07) is 6.31. The highest BCUT2D eigenvalue weighted by Crippen LogP contribution is 2.23. The normalized spacial score (nSPS) is 12.6. The van der Waals surface area contributed by atoms with Crippen LogP contribution in [0.3, 0.4) is 0 Å². The van der Waals surface area contributed by atoms with Gasteiger partial charge in [0, 0.05) is 11.6 Å². The number of amides is 1. The first-order valence-electron chi connectivity index (χ1n) is 7.83. The van der Waals surface area contributed by atoms with E-state index in [0.29, 0.717) is 6.61 Å². The number of anilines is 1. The van der Waals surface area contributed by atoms with E-state index in [4.69, 9.17) is 9.47 Å². The summed E-state index contributed by atoms with van der Waals surface area (Å²) in [5, 5.41) is 13.7. The van der Waals surface area contributed by atoms with Gasteiger partial charge >= 0.3 is 6.48 Å². The number of thiazole rings is 1. The molecule has 1 atom stereocenters. The monoisotopic (exact) mass is 400 g/mol. The summed E-state index contributed by atoms with van der Waals surface area (Å²) < 4.78 is 33.3. The molecule has 1 amide bonds. The maximum absolute atomic E-state index is 12.4. The molecule has 0 saturated heterocycles. The number of aromatic nitrogens is 1. The minimum Gasteiger partial charge on any atom is -0.441 e. The van der Waals surface area contributed by atoms with Crippen molar-refractivity contribution in [3.05, 3.63) is 35.2 Å². The highest BCUT2D eigenvalue weighted by Gasteiger charge is 2.18. The number of rotatable bonds is 9. The summed E-state index contributed by atoms with van der Waals surface area (Å²) in [6.45, 7) is 0.830. The van der Waals surface area contributed by atoms with E-state index in [0.717, 1.165) is 30.4 Å². The largest absolute Gasteiger partial charge is 0.441 e. The lowest BCUT2D eigenvalue weighted by atomic mass is 10.2. The van der Waals surface area contributed by atoms with Gasteiger partial charge in [0.1, 0.15) is 5.75 Å². The summed E-state index contributed by atoms with van der Waals surface area (Å²) in [4.78, 5) is 16.3. The Bertz CT molecular complexity index is 850. The summed E-state index contributed by atoms with van der Waals surface area (Å²) in [5.74, 6) is -0.412. The number of hydrogen-bond donors (Lipinski definition) is 2. The number of aliphatic hydroxyl groups is 1. The molecule has 26 heavy (non-hydrogen) atoms. The van der Waals surface area contributed by atoms with Gasteiger partial charge in [0.15, 0.2) is 20.0 Å². The van der Waals surface area contributed by atoms with Gasteiger partial charge in [0.2, 0.25) is 0 Å². The minimum absolute atomic E-state index is 0.109. The zero-order valence-corrected chi connectivity index (χ0v) is 16.0. The minimum atomic E-state index is -3.44. The van der Waals surface area contributed by atoms with Crippen LogP contribution in [0, 0.1) is 0 Å². The number of unbranched alkanes of at least 4 members (excludes halogenated alkanes) is 1. The Morgan fingerprint density at radius 3 is 2.77 bits per heavy atom. The van der Waals surface area contributed by atoms with Crippen LogP contribution in [0.15, 0.2) is 34.7 Å². The van der Waals surface area contributed by atoms with Crippen LogP contribution in [-0.2, 0) is 14.6 Å². The van der Waals surface area contributed by atoms with Crippen molar-refractivity contribution in [3.63, 3.8) is 0 Å². The van der Waals surface area contributed by atoms with Gasteiger partial charge in [-0.15, -0.1) is 11.3 Å². The molecule has 0 aliphatic heterocycles. The van der Waals surface area contributed by atoms with Gasteiger partial charge in [-0.2, -0.15) is 0 Å². The number of ether oxygens (including phenoxy) is 2. The summed E-state index contributed by atoms with van der Waals surface area (Å²) >= 11 is 0.996. The van der Waals surface area contributed by atoms with Gasteiger partial charge in [0.05, 0.1) is 12.2 Å². The zero-order chi connectivity index (χ0) is 19.2. The Morgan fingerprint density at radius 2 is 2.12 bits per heavy atom. The number of nitrogens with one attached hydrogen (secondary N) is 1. The summed E-state index contributed by atoms with van der Waals surface area (Å²) in [7, 11) is -3.44. The molecule has 8 nitrogen and oxygen atoms in total. The first-order chi connectivity index (χ1) is 12.3. The molecule has 2 N–H and O–H groups in total. The van der Waals surface area contributed by atoms with Crippen molar-refractivity contribution < 1.29 is 27.8 Å². The van der Waals surface area contributed by atoms with Gasteiger partial charge in [-0.25, -0.2) is 13.4 Å². The Kier molecular flexibility index (Phi) is 7.09. The van der Waals surface area contributed by atoms with Crippen LogP contribution in [0.1, 0.15) is 30.1 Å². The Morgan fingerprint density at radius 1 is 1.38 bits per heavy atom. The summed E-state index contributed by atoms with van der Waals surface area (Å²) in [5.41, 5.74) is 0.154. The molecule has 0 spiro atoms. The van der Waals surface area contributed by atoms with E-state index < -0.39 is 22.2 Å². The number of para-hydroxylation sites is 1. The van der Waals surface area contributed by atoms with Crippen LogP contribution in [0.25, 0.3) is 0 Å². The third-order valence-corrected chi connectivity index (χ3v) is 5.08. The fourth-order valence-electron chi connectivity index (χ4n) is 1.88. The van der Waals surface area contributed by atoms with Crippen LogP contribution in [0.5, 0.6) is 5.75 Å². The van der Waals surface area contributed by atoms with Gasteiger partial charge < -0.3 is 14.6 Å². The number of hydrogen-bond acceptors (Lipinski definition) is 8. The summed E-state index contributed by atoms with van der Waals surface area (Å²) in [6.07, 6.45) is 2.72. The van der Waals surface area contributed by atoms with E-state index in [1.165, 1.54) is 17.5 Å². The third kappa shape index (κ3) is 5.77. The Balaban J connectivity index is 2.08. The van der Waals surface area contributed by atoms with Crippen molar-refractivity contribution in [3.8, 4) is 5.75 Å². The molecule has 1 unspecified atom stereocenters. The smallest absolute Gasteiger partial charge is 0.313 e. The first-order valence-corrected chi connectivity index (χ1v) is 10.6. The highest BCUT2D eigenvalue weighted by atomic mass is 32.2. The second-order valence-corrected chi connectivity index (χ2v) is 8.18. The average Bonchev–Trinajstić information content (AvgIpc) is 3.04. The number of carbonyl (C=O) groups is 1. The number of benzene rings is 1. The van der Waals surface area contributed by atoms with Crippen LogP contribution in [-0.4, -0.2) is 43.8 Å². The number of nitrogens with zero attached hydrogens (tertiary/aromatic N) is 1. The van der Waals surface area contributed by atoms with E-state index in [1.54, 1.807) is 12.1 Å². The van der Waals surface area contributed by atoms with E-state index in [2.05, 4.69) is 10.3 Å².